The molecule has 0 radical (unpaired) electrons. The van der Waals surface area contributed by atoms with Crippen molar-refractivity contribution in [3.8, 4) is 0 Å². The molecule has 0 aromatic heterocycles. The minimum atomic E-state index is -0.410. The highest BCUT2D eigenvalue weighted by molar-refractivity contribution is 6.30. The van der Waals surface area contributed by atoms with Crippen molar-refractivity contribution in [3.63, 3.8) is 0 Å². The highest BCUT2D eigenvalue weighted by Crippen LogP contribution is 2.25. The summed E-state index contributed by atoms with van der Waals surface area (Å²) < 4.78 is 0. The zero-order chi connectivity index (χ0) is 10.1. The van der Waals surface area contributed by atoms with Crippen LogP contribution in [-0.2, 0) is 6.42 Å². The van der Waals surface area contributed by atoms with Crippen LogP contribution >= 0.6 is 11.6 Å². The zero-order valence-electron chi connectivity index (χ0n) is 8.13. The summed E-state index contributed by atoms with van der Waals surface area (Å²) in [6.07, 6.45) is 0.514. The standard InChI is InChI=1S/C11H14ClNO/c1-7-4-8-5-9(12)2-3-10(8)11(14)6-13-7/h2-3,5,7,11,13-14H,4,6H2,1H3. The molecule has 1 aromatic carbocycles. The Balaban J connectivity index is 2.41. The number of aliphatic hydroxyl groups excluding tert-OH is 1. The van der Waals surface area contributed by atoms with Crippen molar-refractivity contribution in [2.24, 2.45) is 0 Å². The maximum Gasteiger partial charge on any atom is 0.0917 e. The van der Waals surface area contributed by atoms with E-state index in [1.165, 1.54) is 0 Å². The van der Waals surface area contributed by atoms with Crippen molar-refractivity contribution < 1.29 is 5.11 Å². The summed E-state index contributed by atoms with van der Waals surface area (Å²) in [7, 11) is 0. The van der Waals surface area contributed by atoms with Gasteiger partial charge in [-0.2, -0.15) is 0 Å². The van der Waals surface area contributed by atoms with Crippen LogP contribution in [0.1, 0.15) is 24.2 Å². The van der Waals surface area contributed by atoms with Crippen LogP contribution in [0.4, 0.5) is 0 Å². The van der Waals surface area contributed by atoms with Crippen molar-refractivity contribution in [2.45, 2.75) is 25.5 Å². The highest BCUT2D eigenvalue weighted by Gasteiger charge is 2.19. The lowest BCUT2D eigenvalue weighted by Crippen LogP contribution is -2.28. The van der Waals surface area contributed by atoms with Gasteiger partial charge in [-0.3, -0.25) is 0 Å². The highest BCUT2D eigenvalue weighted by atomic mass is 35.5. The molecule has 0 spiro atoms. The number of fused-ring (bicyclic) bond motifs is 1. The molecule has 0 amide bonds. The maximum atomic E-state index is 9.84. The van der Waals surface area contributed by atoms with Gasteiger partial charge in [0.25, 0.3) is 0 Å². The van der Waals surface area contributed by atoms with Crippen LogP contribution in [-0.4, -0.2) is 17.7 Å². The Bertz CT molecular complexity index is 340. The Hall–Kier alpha value is -0.570. The molecule has 76 valence electrons. The molecule has 2 nitrogen and oxygen atoms in total. The fourth-order valence-electron chi connectivity index (χ4n) is 1.90. The van der Waals surface area contributed by atoms with Crippen LogP contribution in [0.25, 0.3) is 0 Å². The van der Waals surface area contributed by atoms with Crippen LogP contribution in [0.3, 0.4) is 0 Å². The van der Waals surface area contributed by atoms with E-state index in [2.05, 4.69) is 12.2 Å². The Kier molecular flexibility index (Phi) is 2.77. The van der Waals surface area contributed by atoms with Gasteiger partial charge in [-0.05, 0) is 36.6 Å². The zero-order valence-corrected chi connectivity index (χ0v) is 8.88. The fourth-order valence-corrected chi connectivity index (χ4v) is 2.10. The number of benzene rings is 1. The molecule has 2 atom stereocenters. The summed E-state index contributed by atoms with van der Waals surface area (Å²) in [6.45, 7) is 2.73. The van der Waals surface area contributed by atoms with Gasteiger partial charge in [-0.15, -0.1) is 0 Å². The quantitative estimate of drug-likeness (QED) is 0.687. The number of hydrogen-bond acceptors (Lipinski definition) is 2. The molecule has 0 fully saturated rings. The number of halogens is 1. The topological polar surface area (TPSA) is 32.3 Å². The van der Waals surface area contributed by atoms with Crippen LogP contribution in [0.5, 0.6) is 0 Å². The van der Waals surface area contributed by atoms with Crippen molar-refractivity contribution in [1.29, 1.82) is 0 Å². The van der Waals surface area contributed by atoms with E-state index in [9.17, 15) is 5.11 Å². The van der Waals surface area contributed by atoms with Gasteiger partial charge >= 0.3 is 0 Å². The first kappa shape index (κ1) is 9.97. The third kappa shape index (κ3) is 1.92. The smallest absolute Gasteiger partial charge is 0.0917 e. The molecule has 1 aliphatic rings. The molecule has 1 heterocycles. The first-order valence-electron chi connectivity index (χ1n) is 4.86. The van der Waals surface area contributed by atoms with Crippen LogP contribution in [0.15, 0.2) is 18.2 Å². The number of nitrogens with one attached hydrogen (secondary N) is 1. The molecule has 3 heteroatoms. The van der Waals surface area contributed by atoms with E-state index in [0.29, 0.717) is 12.6 Å². The number of β-amino-alcohol motifs (C(OH)–C–C–N with tert-alkyl or cyclic N) is 1. The second-order valence-electron chi connectivity index (χ2n) is 3.87. The van der Waals surface area contributed by atoms with Crippen LogP contribution in [0, 0.1) is 0 Å². The summed E-state index contributed by atoms with van der Waals surface area (Å²) in [5.74, 6) is 0. The molecular formula is C11H14ClNO. The van der Waals surface area contributed by atoms with Gasteiger partial charge in [0.05, 0.1) is 6.10 Å². The van der Waals surface area contributed by atoms with Gasteiger partial charge in [0.2, 0.25) is 0 Å². The van der Waals surface area contributed by atoms with Crippen LogP contribution in [0.2, 0.25) is 5.02 Å². The Morgan fingerprint density at radius 3 is 3.07 bits per heavy atom. The largest absolute Gasteiger partial charge is 0.387 e. The third-order valence-corrected chi connectivity index (χ3v) is 2.88. The summed E-state index contributed by atoms with van der Waals surface area (Å²) in [4.78, 5) is 0. The number of aliphatic hydroxyl groups is 1. The van der Waals surface area contributed by atoms with Crippen molar-refractivity contribution in [2.75, 3.05) is 6.54 Å². The fraction of sp³-hybridized carbons (Fsp3) is 0.455. The van der Waals surface area contributed by atoms with Gasteiger partial charge in [0, 0.05) is 17.6 Å². The third-order valence-electron chi connectivity index (χ3n) is 2.65. The molecule has 2 rings (SSSR count). The minimum absolute atomic E-state index is 0.393. The van der Waals surface area contributed by atoms with Crippen molar-refractivity contribution in [3.05, 3.63) is 34.3 Å². The van der Waals surface area contributed by atoms with Gasteiger partial charge < -0.3 is 10.4 Å². The first-order chi connectivity index (χ1) is 6.66. The summed E-state index contributed by atoms with van der Waals surface area (Å²) in [5, 5.41) is 13.9. The van der Waals surface area contributed by atoms with E-state index in [4.69, 9.17) is 11.6 Å². The molecule has 0 saturated heterocycles. The van der Waals surface area contributed by atoms with E-state index in [1.807, 2.05) is 18.2 Å². The lowest BCUT2D eigenvalue weighted by atomic mass is 10.00. The molecule has 0 bridgehead atoms. The second-order valence-corrected chi connectivity index (χ2v) is 4.31. The van der Waals surface area contributed by atoms with Gasteiger partial charge in [-0.1, -0.05) is 17.7 Å². The lowest BCUT2D eigenvalue weighted by molar-refractivity contribution is 0.175. The Labute approximate surface area is 88.9 Å². The lowest BCUT2D eigenvalue weighted by Gasteiger charge is -2.10. The SMILES string of the molecule is CC1Cc2cc(Cl)ccc2C(O)CN1. The van der Waals surface area contributed by atoms with E-state index >= 15 is 0 Å². The monoisotopic (exact) mass is 211 g/mol. The average molecular weight is 212 g/mol. The number of rotatable bonds is 0. The molecule has 1 aliphatic heterocycles. The molecule has 14 heavy (non-hydrogen) atoms. The predicted molar refractivity (Wildman–Crippen MR) is 57.6 cm³/mol. The number of hydrogen-bond donors (Lipinski definition) is 2. The van der Waals surface area contributed by atoms with Crippen LogP contribution < -0.4 is 5.32 Å². The van der Waals surface area contributed by atoms with E-state index < -0.39 is 6.10 Å². The van der Waals surface area contributed by atoms with Crippen molar-refractivity contribution >= 4 is 11.6 Å². The minimum Gasteiger partial charge on any atom is -0.387 e. The molecule has 2 N–H and O–H groups in total. The van der Waals surface area contributed by atoms with E-state index in [0.717, 1.165) is 22.6 Å². The summed E-state index contributed by atoms with van der Waals surface area (Å²) in [6, 6.07) is 6.09. The Morgan fingerprint density at radius 1 is 1.50 bits per heavy atom. The second kappa shape index (κ2) is 3.89. The van der Waals surface area contributed by atoms with Gasteiger partial charge in [0.1, 0.15) is 0 Å². The average Bonchev–Trinajstić information content (AvgIpc) is 2.26. The first-order valence-corrected chi connectivity index (χ1v) is 5.24. The summed E-state index contributed by atoms with van der Waals surface area (Å²) in [5.41, 5.74) is 2.16. The predicted octanol–water partition coefficient (Wildman–Crippen LogP) is 1.91. The van der Waals surface area contributed by atoms with Gasteiger partial charge in [0.15, 0.2) is 0 Å². The molecule has 0 aliphatic carbocycles. The van der Waals surface area contributed by atoms with Crippen molar-refractivity contribution in [1.82, 2.24) is 5.32 Å². The Morgan fingerprint density at radius 2 is 2.29 bits per heavy atom. The maximum absolute atomic E-state index is 9.84. The molecular weight excluding hydrogens is 198 g/mol. The normalized spacial score (nSPS) is 26.8. The van der Waals surface area contributed by atoms with E-state index in [1.54, 1.807) is 0 Å². The molecule has 2 unspecified atom stereocenters. The molecule has 0 saturated carbocycles. The summed E-state index contributed by atoms with van der Waals surface area (Å²) >= 11 is 5.92. The van der Waals surface area contributed by atoms with E-state index in [-0.39, 0.29) is 0 Å². The van der Waals surface area contributed by atoms with Gasteiger partial charge in [-0.25, -0.2) is 0 Å². The molecule has 1 aromatic rings.